The first-order valence-electron chi connectivity index (χ1n) is 6.73. The summed E-state index contributed by atoms with van der Waals surface area (Å²) < 4.78 is 0. The highest BCUT2D eigenvalue weighted by Crippen LogP contribution is 2.26. The molecule has 4 heteroatoms. The quantitative estimate of drug-likeness (QED) is 0.858. The van der Waals surface area contributed by atoms with Crippen LogP contribution < -0.4 is 5.32 Å². The lowest BCUT2D eigenvalue weighted by atomic mass is 10.1. The van der Waals surface area contributed by atoms with E-state index in [4.69, 9.17) is 23.2 Å². The minimum atomic E-state index is 0.118. The van der Waals surface area contributed by atoms with E-state index in [1.165, 1.54) is 5.56 Å². The zero-order valence-corrected chi connectivity index (χ0v) is 13.2. The Morgan fingerprint density at radius 3 is 2.80 bits per heavy atom. The van der Waals surface area contributed by atoms with Crippen molar-refractivity contribution in [1.82, 2.24) is 10.3 Å². The number of aromatic nitrogens is 1. The van der Waals surface area contributed by atoms with Gasteiger partial charge >= 0.3 is 0 Å². The molecule has 2 rings (SSSR count). The van der Waals surface area contributed by atoms with E-state index >= 15 is 0 Å². The average Bonchev–Trinajstić information content (AvgIpc) is 2.47. The Hall–Kier alpha value is -1.09. The highest BCUT2D eigenvalue weighted by atomic mass is 35.5. The molecule has 1 atom stereocenters. The third kappa shape index (κ3) is 3.72. The molecule has 0 aliphatic carbocycles. The molecule has 0 aliphatic rings. The summed E-state index contributed by atoms with van der Waals surface area (Å²) >= 11 is 12.2. The zero-order chi connectivity index (χ0) is 14.5. The van der Waals surface area contributed by atoms with Crippen LogP contribution in [0.4, 0.5) is 0 Å². The van der Waals surface area contributed by atoms with E-state index in [1.54, 1.807) is 6.07 Å². The van der Waals surface area contributed by atoms with E-state index < -0.39 is 0 Å². The molecule has 0 radical (unpaired) electrons. The SMILES string of the molecule is CCc1cccnc1CNC(C)c1cc(Cl)ccc1Cl. The summed E-state index contributed by atoms with van der Waals surface area (Å²) in [7, 11) is 0. The maximum absolute atomic E-state index is 6.22. The third-order valence-corrected chi connectivity index (χ3v) is 3.94. The molecule has 0 amide bonds. The van der Waals surface area contributed by atoms with Gasteiger partial charge in [-0.05, 0) is 48.7 Å². The van der Waals surface area contributed by atoms with Crippen molar-refractivity contribution in [2.75, 3.05) is 0 Å². The predicted molar refractivity (Wildman–Crippen MR) is 85.3 cm³/mol. The fourth-order valence-electron chi connectivity index (χ4n) is 2.16. The van der Waals surface area contributed by atoms with Crippen LogP contribution in [0.25, 0.3) is 0 Å². The van der Waals surface area contributed by atoms with Crippen LogP contribution in [0.3, 0.4) is 0 Å². The molecule has 106 valence electrons. The number of benzene rings is 1. The molecular weight excluding hydrogens is 291 g/mol. The molecule has 1 aromatic carbocycles. The largest absolute Gasteiger partial charge is 0.305 e. The van der Waals surface area contributed by atoms with Crippen LogP contribution in [0, 0.1) is 0 Å². The number of halogens is 2. The number of hydrogen-bond acceptors (Lipinski definition) is 2. The van der Waals surface area contributed by atoms with Gasteiger partial charge in [0.2, 0.25) is 0 Å². The second-order valence-electron chi connectivity index (χ2n) is 4.73. The summed E-state index contributed by atoms with van der Waals surface area (Å²) in [4.78, 5) is 4.43. The van der Waals surface area contributed by atoms with Crippen molar-refractivity contribution in [1.29, 1.82) is 0 Å². The van der Waals surface area contributed by atoms with Gasteiger partial charge in [0, 0.05) is 28.8 Å². The Kier molecular flexibility index (Phi) is 5.41. The summed E-state index contributed by atoms with van der Waals surface area (Å²) in [5, 5.41) is 4.88. The molecular formula is C16H18Cl2N2. The first-order chi connectivity index (χ1) is 9.61. The number of nitrogens with zero attached hydrogens (tertiary/aromatic N) is 1. The normalized spacial score (nSPS) is 12.4. The van der Waals surface area contributed by atoms with E-state index in [2.05, 4.69) is 30.2 Å². The van der Waals surface area contributed by atoms with Crippen molar-refractivity contribution in [3.63, 3.8) is 0 Å². The Balaban J connectivity index is 2.08. The average molecular weight is 309 g/mol. The van der Waals surface area contributed by atoms with E-state index in [9.17, 15) is 0 Å². The van der Waals surface area contributed by atoms with E-state index in [0.717, 1.165) is 22.7 Å². The Morgan fingerprint density at radius 2 is 2.05 bits per heavy atom. The maximum Gasteiger partial charge on any atom is 0.0573 e. The van der Waals surface area contributed by atoms with E-state index in [0.29, 0.717) is 11.6 Å². The zero-order valence-electron chi connectivity index (χ0n) is 11.7. The highest BCUT2D eigenvalue weighted by Gasteiger charge is 2.11. The lowest BCUT2D eigenvalue weighted by Crippen LogP contribution is -2.20. The van der Waals surface area contributed by atoms with Crippen molar-refractivity contribution in [3.8, 4) is 0 Å². The molecule has 0 saturated heterocycles. The van der Waals surface area contributed by atoms with E-state index in [1.807, 2.05) is 24.4 Å². The lowest BCUT2D eigenvalue weighted by Gasteiger charge is -2.17. The van der Waals surface area contributed by atoms with Gasteiger partial charge in [-0.15, -0.1) is 0 Å². The van der Waals surface area contributed by atoms with Crippen LogP contribution in [0.15, 0.2) is 36.5 Å². The highest BCUT2D eigenvalue weighted by molar-refractivity contribution is 6.33. The van der Waals surface area contributed by atoms with Crippen molar-refractivity contribution in [2.45, 2.75) is 32.9 Å². The second kappa shape index (κ2) is 7.07. The maximum atomic E-state index is 6.22. The first-order valence-corrected chi connectivity index (χ1v) is 7.48. The standard InChI is InChI=1S/C16H18Cl2N2/c1-3-12-5-4-8-19-16(12)10-20-11(2)14-9-13(17)6-7-15(14)18/h4-9,11,20H,3,10H2,1-2H3. The molecule has 0 bridgehead atoms. The minimum absolute atomic E-state index is 0.118. The Morgan fingerprint density at radius 1 is 1.25 bits per heavy atom. The van der Waals surface area contributed by atoms with Crippen LogP contribution in [-0.2, 0) is 13.0 Å². The molecule has 1 N–H and O–H groups in total. The van der Waals surface area contributed by atoms with Gasteiger partial charge in [-0.25, -0.2) is 0 Å². The molecule has 20 heavy (non-hydrogen) atoms. The predicted octanol–water partition coefficient (Wildman–Crippen LogP) is 4.80. The molecule has 1 aromatic heterocycles. The molecule has 0 aliphatic heterocycles. The number of rotatable bonds is 5. The molecule has 1 unspecified atom stereocenters. The molecule has 2 nitrogen and oxygen atoms in total. The van der Waals surface area contributed by atoms with Gasteiger partial charge in [0.25, 0.3) is 0 Å². The first kappa shape index (κ1) is 15.3. The van der Waals surface area contributed by atoms with Gasteiger partial charge in [-0.1, -0.05) is 36.2 Å². The Labute approximate surface area is 130 Å². The van der Waals surface area contributed by atoms with Crippen molar-refractivity contribution in [2.24, 2.45) is 0 Å². The number of hydrogen-bond donors (Lipinski definition) is 1. The summed E-state index contributed by atoms with van der Waals surface area (Å²) in [6.45, 7) is 4.93. The van der Waals surface area contributed by atoms with Gasteiger partial charge in [0.15, 0.2) is 0 Å². The monoisotopic (exact) mass is 308 g/mol. The Bertz CT molecular complexity index is 584. The van der Waals surface area contributed by atoms with Crippen LogP contribution in [-0.4, -0.2) is 4.98 Å². The molecule has 2 aromatic rings. The van der Waals surface area contributed by atoms with Gasteiger partial charge in [0.1, 0.15) is 0 Å². The summed E-state index contributed by atoms with van der Waals surface area (Å²) in [6, 6.07) is 9.73. The molecule has 0 saturated carbocycles. The fourth-order valence-corrected chi connectivity index (χ4v) is 2.62. The van der Waals surface area contributed by atoms with Crippen LogP contribution in [0.1, 0.15) is 36.7 Å². The van der Waals surface area contributed by atoms with Crippen LogP contribution in [0.5, 0.6) is 0 Å². The van der Waals surface area contributed by atoms with Crippen molar-refractivity contribution >= 4 is 23.2 Å². The van der Waals surface area contributed by atoms with Crippen LogP contribution in [0.2, 0.25) is 10.0 Å². The molecule has 1 heterocycles. The molecule has 0 fully saturated rings. The second-order valence-corrected chi connectivity index (χ2v) is 5.57. The van der Waals surface area contributed by atoms with E-state index in [-0.39, 0.29) is 6.04 Å². The summed E-state index contributed by atoms with van der Waals surface area (Å²) in [6.07, 6.45) is 2.81. The third-order valence-electron chi connectivity index (χ3n) is 3.37. The number of aryl methyl sites for hydroxylation is 1. The van der Waals surface area contributed by atoms with Crippen LogP contribution >= 0.6 is 23.2 Å². The number of pyridine rings is 1. The summed E-state index contributed by atoms with van der Waals surface area (Å²) in [5.74, 6) is 0. The number of nitrogens with one attached hydrogen (secondary N) is 1. The fraction of sp³-hybridized carbons (Fsp3) is 0.312. The van der Waals surface area contributed by atoms with Gasteiger partial charge in [0.05, 0.1) is 5.69 Å². The lowest BCUT2D eigenvalue weighted by molar-refractivity contribution is 0.565. The van der Waals surface area contributed by atoms with Gasteiger partial charge in [-0.3, -0.25) is 4.98 Å². The minimum Gasteiger partial charge on any atom is -0.305 e. The summed E-state index contributed by atoms with van der Waals surface area (Å²) in [5.41, 5.74) is 3.36. The molecule has 0 spiro atoms. The van der Waals surface area contributed by atoms with Gasteiger partial charge < -0.3 is 5.32 Å². The topological polar surface area (TPSA) is 24.9 Å². The van der Waals surface area contributed by atoms with Crippen molar-refractivity contribution in [3.05, 3.63) is 63.4 Å². The van der Waals surface area contributed by atoms with Gasteiger partial charge in [-0.2, -0.15) is 0 Å². The smallest absolute Gasteiger partial charge is 0.0573 e. The van der Waals surface area contributed by atoms with Crippen molar-refractivity contribution < 1.29 is 0 Å².